The first kappa shape index (κ1) is 16.1. The number of unbranched alkanes of at least 4 members (excludes halogenated alkanes) is 4. The highest BCUT2D eigenvalue weighted by Gasteiger charge is 2.07. The van der Waals surface area contributed by atoms with Crippen LogP contribution < -0.4 is 9.27 Å². The van der Waals surface area contributed by atoms with Crippen molar-refractivity contribution in [1.82, 2.24) is 0 Å². The van der Waals surface area contributed by atoms with Gasteiger partial charge in [0.25, 0.3) is 0 Å². The molecule has 0 N–H and O–H groups in total. The number of nitrogens with zero attached hydrogens (tertiary/aromatic N) is 1. The maximum Gasteiger partial charge on any atom is 0.181 e. The second-order valence-electron chi connectivity index (χ2n) is 4.55. The van der Waals surface area contributed by atoms with E-state index in [9.17, 15) is 0 Å². The minimum absolute atomic E-state index is 0. The Morgan fingerprint density at radius 3 is 2.41 bits per heavy atom. The Hall–Kier alpha value is -0.920. The summed E-state index contributed by atoms with van der Waals surface area (Å²) in [5.41, 5.74) is 1.50. The highest BCUT2D eigenvalue weighted by Crippen LogP contribution is 2.02. The zero-order chi connectivity index (χ0) is 11.6. The van der Waals surface area contributed by atoms with Crippen molar-refractivity contribution in [1.29, 1.82) is 0 Å². The number of hydrogen-bond donors (Lipinski definition) is 0. The van der Waals surface area contributed by atoms with Crippen LogP contribution >= 0.6 is 0 Å². The molecule has 1 nitrogen and oxygen atoms in total. The minimum Gasteiger partial charge on any atom is -1.00 e. The standard InChI is InChI=1S/C15H26N.FH/c1-3-5-7-9-13-16-14-10-8-12-15(16)11-6-4-2;/h8,10,12,14H,3-7,9,11,13H2,1-2H3;1H/q+1;/p-1. The van der Waals surface area contributed by atoms with Crippen LogP contribution in [0.5, 0.6) is 0 Å². The third-order valence-electron chi connectivity index (χ3n) is 3.07. The Kier molecular flexibility index (Phi) is 9.69. The van der Waals surface area contributed by atoms with E-state index < -0.39 is 0 Å². The van der Waals surface area contributed by atoms with Gasteiger partial charge in [-0.3, -0.25) is 0 Å². The molecule has 1 rings (SSSR count). The van der Waals surface area contributed by atoms with Crippen LogP contribution in [0.25, 0.3) is 0 Å². The van der Waals surface area contributed by atoms with E-state index >= 15 is 0 Å². The van der Waals surface area contributed by atoms with Gasteiger partial charge in [0.1, 0.15) is 6.54 Å². The van der Waals surface area contributed by atoms with Crippen molar-refractivity contribution in [2.45, 2.75) is 65.3 Å². The van der Waals surface area contributed by atoms with Crippen LogP contribution in [-0.2, 0) is 13.0 Å². The topological polar surface area (TPSA) is 3.88 Å². The van der Waals surface area contributed by atoms with E-state index in [4.69, 9.17) is 0 Å². The molecule has 0 aliphatic carbocycles. The molecular weight excluding hydrogens is 213 g/mol. The molecule has 1 aromatic heterocycles. The molecule has 0 fully saturated rings. The lowest BCUT2D eigenvalue weighted by atomic mass is 10.1. The fourth-order valence-electron chi connectivity index (χ4n) is 2.02. The Bertz CT molecular complexity index is 286. The molecule has 0 aliphatic rings. The molecule has 0 saturated carbocycles. The predicted molar refractivity (Wildman–Crippen MR) is 69.4 cm³/mol. The number of hydrogen-bond acceptors (Lipinski definition) is 0. The van der Waals surface area contributed by atoms with Crippen molar-refractivity contribution < 1.29 is 9.27 Å². The SMILES string of the molecule is CCCCCC[n+]1ccccc1CCCC.[F-]. The van der Waals surface area contributed by atoms with E-state index in [1.54, 1.807) is 0 Å². The third kappa shape index (κ3) is 6.40. The molecule has 0 saturated heterocycles. The zero-order valence-electron chi connectivity index (χ0n) is 11.3. The van der Waals surface area contributed by atoms with Crippen LogP contribution in [0.4, 0.5) is 0 Å². The molecule has 0 aromatic carbocycles. The Morgan fingerprint density at radius 1 is 0.941 bits per heavy atom. The highest BCUT2D eigenvalue weighted by atomic mass is 19.0. The lowest BCUT2D eigenvalue weighted by Gasteiger charge is -2.03. The van der Waals surface area contributed by atoms with Crippen molar-refractivity contribution in [3.63, 3.8) is 0 Å². The van der Waals surface area contributed by atoms with E-state index in [-0.39, 0.29) is 4.70 Å². The fraction of sp³-hybridized carbons (Fsp3) is 0.667. The molecule has 0 amide bonds. The lowest BCUT2D eigenvalue weighted by molar-refractivity contribution is -0.704. The molecule has 0 radical (unpaired) electrons. The number of halogens is 1. The van der Waals surface area contributed by atoms with E-state index in [2.05, 4.69) is 42.8 Å². The fourth-order valence-corrected chi connectivity index (χ4v) is 2.02. The predicted octanol–water partition coefficient (Wildman–Crippen LogP) is 0.901. The average molecular weight is 239 g/mol. The molecule has 1 aromatic rings. The van der Waals surface area contributed by atoms with Crippen LogP contribution in [0.15, 0.2) is 24.4 Å². The smallest absolute Gasteiger partial charge is 0.181 e. The summed E-state index contributed by atoms with van der Waals surface area (Å²) >= 11 is 0. The van der Waals surface area contributed by atoms with E-state index in [1.807, 2.05) is 0 Å². The van der Waals surface area contributed by atoms with E-state index in [0.717, 1.165) is 0 Å². The summed E-state index contributed by atoms with van der Waals surface area (Å²) in [6.45, 7) is 5.72. The first-order valence-electron chi connectivity index (χ1n) is 6.85. The van der Waals surface area contributed by atoms with Crippen molar-refractivity contribution in [2.24, 2.45) is 0 Å². The van der Waals surface area contributed by atoms with E-state index in [0.29, 0.717) is 0 Å². The second-order valence-corrected chi connectivity index (χ2v) is 4.55. The summed E-state index contributed by atoms with van der Waals surface area (Å²) in [5.74, 6) is 0. The lowest BCUT2D eigenvalue weighted by Crippen LogP contribution is -3.00. The normalized spacial score (nSPS) is 10.0. The maximum absolute atomic E-state index is 2.44. The van der Waals surface area contributed by atoms with Crippen LogP contribution in [0.1, 0.15) is 58.1 Å². The van der Waals surface area contributed by atoms with Gasteiger partial charge in [-0.05, 0) is 12.8 Å². The van der Waals surface area contributed by atoms with Gasteiger partial charge in [-0.25, -0.2) is 4.57 Å². The Labute approximate surface area is 105 Å². The highest BCUT2D eigenvalue weighted by molar-refractivity contribution is 4.97. The van der Waals surface area contributed by atoms with E-state index in [1.165, 1.54) is 57.2 Å². The largest absolute Gasteiger partial charge is 1.00 e. The average Bonchev–Trinajstić information content (AvgIpc) is 2.33. The molecule has 0 bridgehead atoms. The molecule has 98 valence electrons. The molecule has 0 atom stereocenters. The van der Waals surface area contributed by atoms with Gasteiger partial charge in [0.15, 0.2) is 11.9 Å². The molecule has 2 heteroatoms. The van der Waals surface area contributed by atoms with Crippen molar-refractivity contribution in [2.75, 3.05) is 0 Å². The number of pyridine rings is 1. The van der Waals surface area contributed by atoms with Gasteiger partial charge in [-0.2, -0.15) is 0 Å². The van der Waals surface area contributed by atoms with Gasteiger partial charge in [0, 0.05) is 25.0 Å². The van der Waals surface area contributed by atoms with Gasteiger partial charge in [0.2, 0.25) is 0 Å². The quantitative estimate of drug-likeness (QED) is 0.469. The first-order chi connectivity index (χ1) is 7.88. The Balaban J connectivity index is 0.00000256. The van der Waals surface area contributed by atoms with Gasteiger partial charge >= 0.3 is 0 Å². The molecule has 0 aliphatic heterocycles. The first-order valence-corrected chi connectivity index (χ1v) is 6.85. The Morgan fingerprint density at radius 2 is 1.71 bits per heavy atom. The summed E-state index contributed by atoms with van der Waals surface area (Å²) < 4.78 is 2.44. The molecule has 17 heavy (non-hydrogen) atoms. The molecule has 0 unspecified atom stereocenters. The van der Waals surface area contributed by atoms with Crippen molar-refractivity contribution >= 4 is 0 Å². The molecular formula is C15H26FN. The van der Waals surface area contributed by atoms with Crippen molar-refractivity contribution in [3.05, 3.63) is 30.1 Å². The van der Waals surface area contributed by atoms with Gasteiger partial charge in [-0.1, -0.05) is 39.2 Å². The van der Waals surface area contributed by atoms with Crippen LogP contribution in [0.3, 0.4) is 0 Å². The third-order valence-corrected chi connectivity index (χ3v) is 3.07. The monoisotopic (exact) mass is 239 g/mol. The summed E-state index contributed by atoms with van der Waals surface area (Å²) in [6.07, 6.45) is 11.4. The summed E-state index contributed by atoms with van der Waals surface area (Å²) in [6, 6.07) is 6.58. The molecule has 0 spiro atoms. The van der Waals surface area contributed by atoms with Gasteiger partial charge in [0.05, 0.1) is 0 Å². The van der Waals surface area contributed by atoms with Gasteiger partial charge < -0.3 is 4.70 Å². The summed E-state index contributed by atoms with van der Waals surface area (Å²) in [5, 5.41) is 0. The molecule has 1 heterocycles. The minimum atomic E-state index is 0. The number of aryl methyl sites for hydroxylation is 2. The number of aromatic nitrogens is 1. The second kappa shape index (κ2) is 10.2. The zero-order valence-corrected chi connectivity index (χ0v) is 11.3. The van der Waals surface area contributed by atoms with Crippen LogP contribution in [0.2, 0.25) is 0 Å². The van der Waals surface area contributed by atoms with Gasteiger partial charge in [-0.15, -0.1) is 0 Å². The number of rotatable bonds is 8. The summed E-state index contributed by atoms with van der Waals surface area (Å²) in [7, 11) is 0. The van der Waals surface area contributed by atoms with Crippen molar-refractivity contribution in [3.8, 4) is 0 Å². The maximum atomic E-state index is 2.44. The van der Waals surface area contributed by atoms with Crippen LogP contribution in [0, 0.1) is 0 Å². The summed E-state index contributed by atoms with van der Waals surface area (Å²) in [4.78, 5) is 0. The van der Waals surface area contributed by atoms with Crippen LogP contribution in [-0.4, -0.2) is 0 Å².